The van der Waals surface area contributed by atoms with Crippen LogP contribution in [0.4, 0.5) is 4.79 Å². The number of aliphatic hydroxyl groups is 1. The van der Waals surface area contributed by atoms with E-state index in [4.69, 9.17) is 4.74 Å². The molecule has 0 radical (unpaired) electrons. The van der Waals surface area contributed by atoms with Crippen LogP contribution in [-0.2, 0) is 4.74 Å². The Morgan fingerprint density at radius 1 is 1.39 bits per heavy atom. The molecule has 0 saturated heterocycles. The fourth-order valence-electron chi connectivity index (χ4n) is 3.11. The van der Waals surface area contributed by atoms with E-state index in [1.807, 2.05) is 20.8 Å². The summed E-state index contributed by atoms with van der Waals surface area (Å²) in [5.41, 5.74) is -0.0285. The standard InChI is InChI=1S/C14H25NO3/c1-13(2,3)18-12(17)15-11-4-6-14(7-5-11)8-10(14)9-16/h10-11,16H,4-9H2,1-3H3,(H,15,17)/t10-,11?,14?/m0/s1. The largest absolute Gasteiger partial charge is 0.444 e. The number of alkyl carbamates (subject to hydrolysis) is 1. The Morgan fingerprint density at radius 3 is 2.44 bits per heavy atom. The molecule has 104 valence electrons. The summed E-state index contributed by atoms with van der Waals surface area (Å²) in [5, 5.41) is 12.1. The van der Waals surface area contributed by atoms with Crippen molar-refractivity contribution in [2.45, 2.75) is 64.5 Å². The SMILES string of the molecule is CC(C)(C)OC(=O)NC1CCC2(CC1)C[C@H]2CO. The molecular formula is C14H25NO3. The lowest BCUT2D eigenvalue weighted by molar-refractivity contribution is 0.0482. The van der Waals surface area contributed by atoms with Gasteiger partial charge in [0.25, 0.3) is 0 Å². The molecule has 0 aromatic carbocycles. The van der Waals surface area contributed by atoms with Gasteiger partial charge < -0.3 is 15.2 Å². The Labute approximate surface area is 109 Å². The van der Waals surface area contributed by atoms with Crippen molar-refractivity contribution in [1.82, 2.24) is 5.32 Å². The van der Waals surface area contributed by atoms with Crippen LogP contribution >= 0.6 is 0 Å². The van der Waals surface area contributed by atoms with Crippen molar-refractivity contribution in [3.05, 3.63) is 0 Å². The summed E-state index contributed by atoms with van der Waals surface area (Å²) >= 11 is 0. The summed E-state index contributed by atoms with van der Waals surface area (Å²) in [6.07, 6.45) is 5.13. The van der Waals surface area contributed by atoms with Gasteiger partial charge in [0.15, 0.2) is 0 Å². The number of rotatable bonds is 2. The van der Waals surface area contributed by atoms with Gasteiger partial charge >= 0.3 is 6.09 Å². The second kappa shape index (κ2) is 4.72. The van der Waals surface area contributed by atoms with E-state index in [0.717, 1.165) is 25.7 Å². The maximum Gasteiger partial charge on any atom is 0.407 e. The number of carbonyl (C=O) groups is 1. The minimum Gasteiger partial charge on any atom is -0.444 e. The molecule has 0 aliphatic heterocycles. The van der Waals surface area contributed by atoms with Crippen LogP contribution in [0.15, 0.2) is 0 Å². The first-order chi connectivity index (χ1) is 8.35. The average molecular weight is 255 g/mol. The monoisotopic (exact) mass is 255 g/mol. The zero-order chi connectivity index (χ0) is 13.4. The Morgan fingerprint density at radius 2 is 2.00 bits per heavy atom. The predicted molar refractivity (Wildman–Crippen MR) is 69.3 cm³/mol. The summed E-state index contributed by atoms with van der Waals surface area (Å²) in [4.78, 5) is 11.7. The van der Waals surface area contributed by atoms with Crippen molar-refractivity contribution in [2.75, 3.05) is 6.61 Å². The molecule has 0 unspecified atom stereocenters. The Bertz CT molecular complexity index is 313. The van der Waals surface area contributed by atoms with Gasteiger partial charge in [0.1, 0.15) is 5.60 Å². The molecule has 1 atom stereocenters. The van der Waals surface area contributed by atoms with E-state index < -0.39 is 5.60 Å². The van der Waals surface area contributed by atoms with Crippen molar-refractivity contribution >= 4 is 6.09 Å². The van der Waals surface area contributed by atoms with Crippen LogP contribution in [0.25, 0.3) is 0 Å². The fourth-order valence-corrected chi connectivity index (χ4v) is 3.11. The van der Waals surface area contributed by atoms with Crippen molar-refractivity contribution in [2.24, 2.45) is 11.3 Å². The average Bonchev–Trinajstić information content (AvgIpc) is 2.93. The maximum absolute atomic E-state index is 11.7. The molecule has 1 spiro atoms. The molecular weight excluding hydrogens is 230 g/mol. The minimum atomic E-state index is -0.432. The lowest BCUT2D eigenvalue weighted by atomic mass is 9.82. The van der Waals surface area contributed by atoms with E-state index in [0.29, 0.717) is 17.9 Å². The van der Waals surface area contributed by atoms with Gasteiger partial charge in [-0.3, -0.25) is 0 Å². The number of nitrogens with one attached hydrogen (secondary N) is 1. The highest BCUT2D eigenvalue weighted by Gasteiger charge is 2.54. The van der Waals surface area contributed by atoms with Gasteiger partial charge in [-0.15, -0.1) is 0 Å². The highest BCUT2D eigenvalue weighted by atomic mass is 16.6. The van der Waals surface area contributed by atoms with E-state index >= 15 is 0 Å². The van der Waals surface area contributed by atoms with Gasteiger partial charge in [0, 0.05) is 12.6 Å². The Balaban J connectivity index is 1.73. The Kier molecular flexibility index (Phi) is 3.58. The van der Waals surface area contributed by atoms with E-state index in [1.165, 1.54) is 6.42 Å². The van der Waals surface area contributed by atoms with Gasteiger partial charge in [-0.05, 0) is 64.2 Å². The summed E-state index contributed by atoms with van der Waals surface area (Å²) in [6, 6.07) is 0.241. The van der Waals surface area contributed by atoms with Gasteiger partial charge in [-0.1, -0.05) is 0 Å². The van der Waals surface area contributed by atoms with Crippen LogP contribution in [0.1, 0.15) is 52.9 Å². The number of hydrogen-bond donors (Lipinski definition) is 2. The molecule has 2 aliphatic carbocycles. The molecule has 18 heavy (non-hydrogen) atoms. The van der Waals surface area contributed by atoms with Crippen LogP contribution in [0.2, 0.25) is 0 Å². The summed E-state index contributed by atoms with van der Waals surface area (Å²) in [5.74, 6) is 0.514. The third-order valence-corrected chi connectivity index (χ3v) is 4.28. The van der Waals surface area contributed by atoms with E-state index in [1.54, 1.807) is 0 Å². The molecule has 2 aliphatic rings. The van der Waals surface area contributed by atoms with Crippen LogP contribution in [-0.4, -0.2) is 29.4 Å². The lowest BCUT2D eigenvalue weighted by Gasteiger charge is -2.30. The lowest BCUT2D eigenvalue weighted by Crippen LogP contribution is -2.41. The second-order valence-electron chi connectivity index (χ2n) is 6.87. The minimum absolute atomic E-state index is 0.241. The molecule has 2 saturated carbocycles. The number of hydrogen-bond acceptors (Lipinski definition) is 3. The van der Waals surface area contributed by atoms with Crippen molar-refractivity contribution in [3.8, 4) is 0 Å². The smallest absolute Gasteiger partial charge is 0.407 e. The molecule has 0 heterocycles. The summed E-state index contributed by atoms with van der Waals surface area (Å²) in [7, 11) is 0. The molecule has 2 fully saturated rings. The molecule has 0 aromatic heterocycles. The van der Waals surface area contributed by atoms with Crippen LogP contribution in [0, 0.1) is 11.3 Å². The molecule has 2 N–H and O–H groups in total. The topological polar surface area (TPSA) is 58.6 Å². The van der Waals surface area contributed by atoms with Crippen molar-refractivity contribution in [3.63, 3.8) is 0 Å². The first kappa shape index (κ1) is 13.7. The maximum atomic E-state index is 11.7. The third-order valence-electron chi connectivity index (χ3n) is 4.28. The molecule has 1 amide bonds. The third kappa shape index (κ3) is 3.16. The first-order valence-corrected chi connectivity index (χ1v) is 6.95. The van der Waals surface area contributed by atoms with Crippen LogP contribution < -0.4 is 5.32 Å². The van der Waals surface area contributed by atoms with Crippen LogP contribution in [0.3, 0.4) is 0 Å². The van der Waals surface area contributed by atoms with E-state index in [-0.39, 0.29) is 12.1 Å². The number of amides is 1. The van der Waals surface area contributed by atoms with Crippen molar-refractivity contribution in [1.29, 1.82) is 0 Å². The second-order valence-corrected chi connectivity index (χ2v) is 6.87. The first-order valence-electron chi connectivity index (χ1n) is 6.95. The van der Waals surface area contributed by atoms with Gasteiger partial charge in [-0.25, -0.2) is 4.79 Å². The predicted octanol–water partition coefficient (Wildman–Crippen LogP) is 2.45. The van der Waals surface area contributed by atoms with E-state index in [9.17, 15) is 9.90 Å². The molecule has 2 rings (SSSR count). The summed E-state index contributed by atoms with van der Waals surface area (Å²) < 4.78 is 5.26. The molecule has 4 heteroatoms. The summed E-state index contributed by atoms with van der Waals surface area (Å²) in [6.45, 7) is 5.94. The van der Waals surface area contributed by atoms with E-state index in [2.05, 4.69) is 5.32 Å². The van der Waals surface area contributed by atoms with Gasteiger partial charge in [0.2, 0.25) is 0 Å². The Hall–Kier alpha value is -0.770. The van der Waals surface area contributed by atoms with Gasteiger partial charge in [-0.2, -0.15) is 0 Å². The van der Waals surface area contributed by atoms with Crippen LogP contribution in [0.5, 0.6) is 0 Å². The van der Waals surface area contributed by atoms with Gasteiger partial charge in [0.05, 0.1) is 0 Å². The zero-order valence-electron chi connectivity index (χ0n) is 11.7. The molecule has 4 nitrogen and oxygen atoms in total. The number of aliphatic hydroxyl groups excluding tert-OH is 1. The van der Waals surface area contributed by atoms with Crippen molar-refractivity contribution < 1.29 is 14.6 Å². The quantitative estimate of drug-likeness (QED) is 0.797. The zero-order valence-corrected chi connectivity index (χ0v) is 11.7. The molecule has 0 bridgehead atoms. The fraction of sp³-hybridized carbons (Fsp3) is 0.929. The number of ether oxygens (including phenoxy) is 1. The highest BCUT2D eigenvalue weighted by Crippen LogP contribution is 2.60. The molecule has 0 aromatic rings. The normalized spacial score (nSPS) is 35.3. The highest BCUT2D eigenvalue weighted by molar-refractivity contribution is 5.68. The number of carbonyl (C=O) groups excluding carboxylic acids is 1.